The maximum Gasteiger partial charge on any atom is 0.123 e. The zero-order valence-corrected chi connectivity index (χ0v) is 8.88. The van der Waals surface area contributed by atoms with Crippen molar-refractivity contribution in [2.45, 2.75) is 19.9 Å². The summed E-state index contributed by atoms with van der Waals surface area (Å²) in [5.41, 5.74) is 1.14. The van der Waals surface area contributed by atoms with Crippen molar-refractivity contribution in [3.05, 3.63) is 17.7 Å². The number of rotatable bonds is 2. The molecule has 0 amide bonds. The van der Waals surface area contributed by atoms with Gasteiger partial charge in [0.1, 0.15) is 5.82 Å². The average Bonchev–Trinajstić information content (AvgIpc) is 2.65. The zero-order chi connectivity index (χ0) is 9.97. The molecule has 1 saturated heterocycles. The topological polar surface area (TPSA) is 44.0 Å². The second-order valence-electron chi connectivity index (χ2n) is 3.91. The fourth-order valence-electron chi connectivity index (χ4n) is 1.89. The quantitative estimate of drug-likeness (QED) is 0.728. The van der Waals surface area contributed by atoms with Gasteiger partial charge in [0.25, 0.3) is 0 Å². The summed E-state index contributed by atoms with van der Waals surface area (Å²) in [6, 6.07) is 0.408. The molecule has 2 rings (SSSR count). The van der Waals surface area contributed by atoms with Crippen LogP contribution in [0.2, 0.25) is 0 Å². The SMILES string of the molecule is Cc1cnc(C(C)N2CCNCC2)[nH]1. The molecule has 1 fully saturated rings. The van der Waals surface area contributed by atoms with Gasteiger partial charge >= 0.3 is 0 Å². The lowest BCUT2D eigenvalue weighted by atomic mass is 10.2. The van der Waals surface area contributed by atoms with E-state index in [1.807, 2.05) is 13.1 Å². The van der Waals surface area contributed by atoms with Crippen LogP contribution in [0.4, 0.5) is 0 Å². The van der Waals surface area contributed by atoms with Crippen molar-refractivity contribution in [1.29, 1.82) is 0 Å². The summed E-state index contributed by atoms with van der Waals surface area (Å²) in [6.45, 7) is 8.65. The molecule has 2 N–H and O–H groups in total. The number of aromatic nitrogens is 2. The first kappa shape index (κ1) is 9.68. The smallest absolute Gasteiger partial charge is 0.123 e. The molecule has 0 radical (unpaired) electrons. The van der Waals surface area contributed by atoms with E-state index in [2.05, 4.69) is 27.1 Å². The van der Waals surface area contributed by atoms with E-state index >= 15 is 0 Å². The molecule has 1 aliphatic heterocycles. The van der Waals surface area contributed by atoms with Gasteiger partial charge in [-0.2, -0.15) is 0 Å². The van der Waals surface area contributed by atoms with Gasteiger partial charge in [-0.05, 0) is 13.8 Å². The van der Waals surface area contributed by atoms with E-state index in [1.54, 1.807) is 0 Å². The molecule has 78 valence electrons. The highest BCUT2D eigenvalue weighted by Crippen LogP contribution is 2.16. The minimum absolute atomic E-state index is 0.408. The Bertz CT molecular complexity index is 288. The van der Waals surface area contributed by atoms with Crippen molar-refractivity contribution in [2.75, 3.05) is 26.2 Å². The zero-order valence-electron chi connectivity index (χ0n) is 8.88. The first-order chi connectivity index (χ1) is 6.77. The number of hydrogen-bond donors (Lipinski definition) is 2. The molecule has 0 aliphatic carbocycles. The number of nitrogens with one attached hydrogen (secondary N) is 2. The molecule has 4 nitrogen and oxygen atoms in total. The Morgan fingerprint density at radius 2 is 2.14 bits per heavy atom. The van der Waals surface area contributed by atoms with Crippen LogP contribution in [-0.4, -0.2) is 41.0 Å². The van der Waals surface area contributed by atoms with E-state index in [9.17, 15) is 0 Å². The minimum Gasteiger partial charge on any atom is -0.345 e. The van der Waals surface area contributed by atoms with Gasteiger partial charge in [-0.15, -0.1) is 0 Å². The second kappa shape index (κ2) is 4.11. The highest BCUT2D eigenvalue weighted by molar-refractivity contribution is 5.02. The molecular weight excluding hydrogens is 176 g/mol. The summed E-state index contributed by atoms with van der Waals surface area (Å²) in [5.74, 6) is 1.09. The predicted octanol–water partition coefficient (Wildman–Crippen LogP) is 0.684. The van der Waals surface area contributed by atoms with Gasteiger partial charge in [-0.3, -0.25) is 4.90 Å². The summed E-state index contributed by atoms with van der Waals surface area (Å²) >= 11 is 0. The Hall–Kier alpha value is -0.870. The number of piperazine rings is 1. The highest BCUT2D eigenvalue weighted by Gasteiger charge is 2.19. The molecular formula is C10H18N4. The molecule has 0 bridgehead atoms. The van der Waals surface area contributed by atoms with Crippen LogP contribution < -0.4 is 5.32 Å². The Labute approximate surface area is 84.7 Å². The van der Waals surface area contributed by atoms with Crippen molar-refractivity contribution in [3.8, 4) is 0 Å². The van der Waals surface area contributed by atoms with E-state index in [-0.39, 0.29) is 0 Å². The lowest BCUT2D eigenvalue weighted by Gasteiger charge is -2.31. The summed E-state index contributed by atoms with van der Waals surface area (Å²) in [7, 11) is 0. The van der Waals surface area contributed by atoms with Crippen LogP contribution in [0.3, 0.4) is 0 Å². The number of imidazole rings is 1. The van der Waals surface area contributed by atoms with Gasteiger partial charge in [0, 0.05) is 38.1 Å². The lowest BCUT2D eigenvalue weighted by Crippen LogP contribution is -2.44. The van der Waals surface area contributed by atoms with E-state index in [1.165, 1.54) is 0 Å². The fraction of sp³-hybridized carbons (Fsp3) is 0.700. The van der Waals surface area contributed by atoms with E-state index < -0.39 is 0 Å². The van der Waals surface area contributed by atoms with Crippen LogP contribution in [0, 0.1) is 6.92 Å². The highest BCUT2D eigenvalue weighted by atomic mass is 15.2. The maximum absolute atomic E-state index is 4.37. The standard InChI is InChI=1S/C10H18N4/c1-8-7-12-10(13-8)9(2)14-5-3-11-4-6-14/h7,9,11H,3-6H2,1-2H3,(H,12,13). The first-order valence-electron chi connectivity index (χ1n) is 5.23. The van der Waals surface area contributed by atoms with Crippen LogP contribution in [0.15, 0.2) is 6.20 Å². The molecule has 1 unspecified atom stereocenters. The minimum atomic E-state index is 0.408. The van der Waals surface area contributed by atoms with Gasteiger partial charge < -0.3 is 10.3 Å². The van der Waals surface area contributed by atoms with Crippen molar-refractivity contribution in [1.82, 2.24) is 20.2 Å². The summed E-state index contributed by atoms with van der Waals surface area (Å²) in [5, 5.41) is 3.35. The number of H-pyrrole nitrogens is 1. The summed E-state index contributed by atoms with van der Waals surface area (Å²) in [6.07, 6.45) is 1.90. The van der Waals surface area contributed by atoms with Crippen LogP contribution in [0.1, 0.15) is 24.5 Å². The van der Waals surface area contributed by atoms with Crippen LogP contribution in [0.25, 0.3) is 0 Å². The second-order valence-corrected chi connectivity index (χ2v) is 3.91. The lowest BCUT2D eigenvalue weighted by molar-refractivity contribution is 0.180. The molecule has 0 spiro atoms. The monoisotopic (exact) mass is 194 g/mol. The molecule has 0 saturated carbocycles. The van der Waals surface area contributed by atoms with E-state index in [0.29, 0.717) is 6.04 Å². The van der Waals surface area contributed by atoms with Gasteiger partial charge in [0.05, 0.1) is 6.04 Å². The molecule has 1 aliphatic rings. The number of aromatic amines is 1. The Morgan fingerprint density at radius 3 is 2.71 bits per heavy atom. The van der Waals surface area contributed by atoms with Crippen LogP contribution >= 0.6 is 0 Å². The Kier molecular flexibility index (Phi) is 2.84. The predicted molar refractivity (Wildman–Crippen MR) is 56.2 cm³/mol. The molecule has 2 heterocycles. The molecule has 14 heavy (non-hydrogen) atoms. The molecule has 1 atom stereocenters. The first-order valence-corrected chi connectivity index (χ1v) is 5.23. The van der Waals surface area contributed by atoms with Crippen molar-refractivity contribution in [3.63, 3.8) is 0 Å². The van der Waals surface area contributed by atoms with Crippen LogP contribution in [0.5, 0.6) is 0 Å². The molecule has 1 aromatic rings. The molecule has 4 heteroatoms. The fourth-order valence-corrected chi connectivity index (χ4v) is 1.89. The summed E-state index contributed by atoms with van der Waals surface area (Å²) < 4.78 is 0. The van der Waals surface area contributed by atoms with Crippen molar-refractivity contribution in [2.24, 2.45) is 0 Å². The van der Waals surface area contributed by atoms with Crippen molar-refractivity contribution < 1.29 is 0 Å². The van der Waals surface area contributed by atoms with E-state index in [0.717, 1.165) is 37.7 Å². The largest absolute Gasteiger partial charge is 0.345 e. The van der Waals surface area contributed by atoms with Crippen molar-refractivity contribution >= 4 is 0 Å². The number of hydrogen-bond acceptors (Lipinski definition) is 3. The van der Waals surface area contributed by atoms with E-state index in [4.69, 9.17) is 0 Å². The number of aryl methyl sites for hydroxylation is 1. The maximum atomic E-state index is 4.37. The van der Waals surface area contributed by atoms with Crippen LogP contribution in [-0.2, 0) is 0 Å². The molecule has 1 aromatic heterocycles. The van der Waals surface area contributed by atoms with Gasteiger partial charge in [-0.1, -0.05) is 0 Å². The normalized spacial score (nSPS) is 21.0. The Morgan fingerprint density at radius 1 is 1.43 bits per heavy atom. The molecule has 0 aromatic carbocycles. The summed E-state index contributed by atoms with van der Waals surface area (Å²) in [4.78, 5) is 10.1. The average molecular weight is 194 g/mol. The van der Waals surface area contributed by atoms with Gasteiger partial charge in [0.2, 0.25) is 0 Å². The van der Waals surface area contributed by atoms with Gasteiger partial charge in [-0.25, -0.2) is 4.98 Å². The third kappa shape index (κ3) is 1.96. The number of nitrogens with zero attached hydrogens (tertiary/aromatic N) is 2. The van der Waals surface area contributed by atoms with Gasteiger partial charge in [0.15, 0.2) is 0 Å². The third-order valence-corrected chi connectivity index (χ3v) is 2.82. The Balaban J connectivity index is 2.03. The third-order valence-electron chi connectivity index (χ3n) is 2.82.